The van der Waals surface area contributed by atoms with Crippen molar-refractivity contribution in [2.75, 3.05) is 12.3 Å². The van der Waals surface area contributed by atoms with Crippen LogP contribution >= 0.6 is 0 Å². The van der Waals surface area contributed by atoms with Crippen molar-refractivity contribution in [3.8, 4) is 0 Å². The molecule has 0 amide bonds. The number of benzene rings is 1. The van der Waals surface area contributed by atoms with E-state index in [1.807, 2.05) is 6.92 Å². The van der Waals surface area contributed by atoms with Crippen molar-refractivity contribution >= 4 is 21.4 Å². The van der Waals surface area contributed by atoms with Gasteiger partial charge in [-0.05, 0) is 31.4 Å². The first-order valence-corrected chi connectivity index (χ1v) is 8.37. The van der Waals surface area contributed by atoms with Gasteiger partial charge in [-0.3, -0.25) is 10.1 Å². The fraction of sp³-hybridized carbons (Fsp3) is 0.538. The van der Waals surface area contributed by atoms with Gasteiger partial charge < -0.3 is 5.73 Å². The first-order valence-electron chi connectivity index (χ1n) is 6.93. The van der Waals surface area contributed by atoms with Crippen LogP contribution in [0.5, 0.6) is 0 Å². The smallest absolute Gasteiger partial charge is 0.292 e. The number of hydrogen-bond acceptors (Lipinski definition) is 5. The Morgan fingerprint density at radius 2 is 2.14 bits per heavy atom. The third-order valence-electron chi connectivity index (χ3n) is 3.85. The summed E-state index contributed by atoms with van der Waals surface area (Å²) < 4.78 is 26.9. The summed E-state index contributed by atoms with van der Waals surface area (Å²) in [5.74, 6) is 0. The Morgan fingerprint density at radius 3 is 2.71 bits per heavy atom. The maximum atomic E-state index is 12.7. The lowest BCUT2D eigenvalue weighted by atomic mass is 10.0. The third kappa shape index (κ3) is 3.01. The first kappa shape index (κ1) is 15.7. The number of nitro groups is 1. The van der Waals surface area contributed by atoms with E-state index in [1.165, 1.54) is 16.4 Å². The van der Waals surface area contributed by atoms with Crippen molar-refractivity contribution in [2.24, 2.45) is 0 Å². The van der Waals surface area contributed by atoms with Gasteiger partial charge in [0.2, 0.25) is 10.0 Å². The quantitative estimate of drug-likeness (QED) is 0.520. The molecule has 1 heterocycles. The van der Waals surface area contributed by atoms with E-state index in [0.29, 0.717) is 6.54 Å². The summed E-state index contributed by atoms with van der Waals surface area (Å²) in [6.07, 6.45) is 3.45. The molecular formula is C13H19N3O4S. The van der Waals surface area contributed by atoms with Crippen LogP contribution in [0, 0.1) is 10.1 Å². The van der Waals surface area contributed by atoms with Gasteiger partial charge >= 0.3 is 0 Å². The highest BCUT2D eigenvalue weighted by Crippen LogP contribution is 2.30. The zero-order valence-corrected chi connectivity index (χ0v) is 12.7. The number of hydrogen-bond donors (Lipinski definition) is 1. The fourth-order valence-corrected chi connectivity index (χ4v) is 4.50. The van der Waals surface area contributed by atoms with Gasteiger partial charge in [0, 0.05) is 18.7 Å². The summed E-state index contributed by atoms with van der Waals surface area (Å²) in [5.41, 5.74) is 5.18. The minimum atomic E-state index is -3.66. The second-order valence-corrected chi connectivity index (χ2v) is 7.04. The molecule has 2 N–H and O–H groups in total. The number of nitrogens with zero attached hydrogens (tertiary/aromatic N) is 2. The van der Waals surface area contributed by atoms with Crippen LogP contribution in [0.3, 0.4) is 0 Å². The molecule has 1 aliphatic rings. The van der Waals surface area contributed by atoms with Crippen molar-refractivity contribution < 1.29 is 13.3 Å². The Kier molecular flexibility index (Phi) is 4.48. The molecule has 1 aromatic carbocycles. The molecule has 8 heteroatoms. The molecule has 1 aromatic rings. The van der Waals surface area contributed by atoms with Crippen LogP contribution in [0.1, 0.15) is 32.6 Å². The second-order valence-electron chi connectivity index (χ2n) is 5.15. The lowest BCUT2D eigenvalue weighted by molar-refractivity contribution is -0.383. The van der Waals surface area contributed by atoms with Gasteiger partial charge in [0.05, 0.1) is 9.82 Å². The first-order chi connectivity index (χ1) is 9.87. The summed E-state index contributed by atoms with van der Waals surface area (Å²) in [5, 5.41) is 10.7. The average molecular weight is 313 g/mol. The molecular weight excluding hydrogens is 294 g/mol. The maximum Gasteiger partial charge on any atom is 0.292 e. The summed E-state index contributed by atoms with van der Waals surface area (Å²) in [7, 11) is -3.66. The molecule has 1 saturated heterocycles. The van der Waals surface area contributed by atoms with Gasteiger partial charge in [-0.25, -0.2) is 8.42 Å². The van der Waals surface area contributed by atoms with Crippen molar-refractivity contribution in [2.45, 2.75) is 43.5 Å². The molecule has 0 aliphatic carbocycles. The van der Waals surface area contributed by atoms with Crippen LogP contribution in [0.25, 0.3) is 0 Å². The molecule has 7 nitrogen and oxygen atoms in total. The van der Waals surface area contributed by atoms with Gasteiger partial charge in [-0.1, -0.05) is 13.3 Å². The van der Waals surface area contributed by atoms with E-state index in [0.717, 1.165) is 31.7 Å². The minimum Gasteiger partial charge on any atom is -0.393 e. The Labute approximate surface area is 123 Å². The van der Waals surface area contributed by atoms with E-state index in [9.17, 15) is 18.5 Å². The van der Waals surface area contributed by atoms with Gasteiger partial charge in [-0.15, -0.1) is 0 Å². The van der Waals surface area contributed by atoms with E-state index in [1.54, 1.807) is 0 Å². The molecule has 0 saturated carbocycles. The highest BCUT2D eigenvalue weighted by molar-refractivity contribution is 7.89. The van der Waals surface area contributed by atoms with Gasteiger partial charge in [0.1, 0.15) is 5.69 Å². The van der Waals surface area contributed by atoms with Crippen molar-refractivity contribution in [3.05, 3.63) is 28.3 Å². The molecule has 1 atom stereocenters. The predicted octanol–water partition coefficient (Wildman–Crippen LogP) is 2.13. The summed E-state index contributed by atoms with van der Waals surface area (Å²) in [4.78, 5) is 10.1. The molecule has 1 aliphatic heterocycles. The molecule has 1 fully saturated rings. The second kappa shape index (κ2) is 5.98. The summed E-state index contributed by atoms with van der Waals surface area (Å²) in [6, 6.07) is 3.56. The Bertz CT molecular complexity index is 645. The van der Waals surface area contributed by atoms with Gasteiger partial charge in [0.15, 0.2) is 0 Å². The molecule has 0 spiro atoms. The predicted molar refractivity (Wildman–Crippen MR) is 79.3 cm³/mol. The van der Waals surface area contributed by atoms with Crippen molar-refractivity contribution in [1.82, 2.24) is 4.31 Å². The molecule has 0 bridgehead atoms. The lowest BCUT2D eigenvalue weighted by Gasteiger charge is -2.34. The zero-order chi connectivity index (χ0) is 15.6. The molecule has 2 rings (SSSR count). The Morgan fingerprint density at radius 1 is 1.43 bits per heavy atom. The van der Waals surface area contributed by atoms with Crippen LogP contribution in [0.2, 0.25) is 0 Å². The van der Waals surface area contributed by atoms with Crippen LogP contribution in [-0.2, 0) is 10.0 Å². The topological polar surface area (TPSA) is 107 Å². The van der Waals surface area contributed by atoms with Gasteiger partial charge in [0.25, 0.3) is 5.69 Å². The van der Waals surface area contributed by atoms with E-state index < -0.39 is 14.9 Å². The number of nitro benzene ring substituents is 1. The molecule has 0 aromatic heterocycles. The summed E-state index contributed by atoms with van der Waals surface area (Å²) in [6.45, 7) is 2.44. The molecule has 0 radical (unpaired) electrons. The van der Waals surface area contributed by atoms with Crippen molar-refractivity contribution in [1.29, 1.82) is 0 Å². The van der Waals surface area contributed by atoms with E-state index in [4.69, 9.17) is 5.73 Å². The molecule has 1 unspecified atom stereocenters. The van der Waals surface area contributed by atoms with Crippen LogP contribution < -0.4 is 5.73 Å². The number of nitrogens with two attached hydrogens (primary N) is 1. The van der Waals surface area contributed by atoms with Crippen LogP contribution in [0.15, 0.2) is 23.1 Å². The van der Waals surface area contributed by atoms with Crippen LogP contribution in [-0.4, -0.2) is 30.2 Å². The minimum absolute atomic E-state index is 0.0137. The Hall–Kier alpha value is -1.67. The largest absolute Gasteiger partial charge is 0.393 e. The van der Waals surface area contributed by atoms with Gasteiger partial charge in [-0.2, -0.15) is 4.31 Å². The highest BCUT2D eigenvalue weighted by atomic mass is 32.2. The average Bonchev–Trinajstić information content (AvgIpc) is 2.46. The number of rotatable bonds is 4. The molecule has 116 valence electrons. The molecule has 21 heavy (non-hydrogen) atoms. The van der Waals surface area contributed by atoms with Crippen LogP contribution in [0.4, 0.5) is 11.4 Å². The van der Waals surface area contributed by atoms with E-state index in [2.05, 4.69) is 0 Å². The SMILES string of the molecule is CCC1CCCCN1S(=O)(=O)c1ccc([N+](=O)[O-])c(N)c1. The lowest BCUT2D eigenvalue weighted by Crippen LogP contribution is -2.43. The maximum absolute atomic E-state index is 12.7. The van der Waals surface area contributed by atoms with Crippen molar-refractivity contribution in [3.63, 3.8) is 0 Å². The summed E-state index contributed by atoms with van der Waals surface area (Å²) >= 11 is 0. The highest BCUT2D eigenvalue weighted by Gasteiger charge is 2.33. The number of sulfonamides is 1. The third-order valence-corrected chi connectivity index (χ3v) is 5.79. The monoisotopic (exact) mass is 313 g/mol. The van der Waals surface area contributed by atoms with E-state index in [-0.39, 0.29) is 22.3 Å². The Balaban J connectivity index is 2.39. The number of nitrogen functional groups attached to an aromatic ring is 1. The number of piperidine rings is 1. The standard InChI is InChI=1S/C13H19N3O4S/c1-2-10-5-3-4-8-15(10)21(19,20)11-6-7-13(16(17)18)12(14)9-11/h6-7,9-10H,2-5,8,14H2,1H3. The fourth-order valence-electron chi connectivity index (χ4n) is 2.69. The van der Waals surface area contributed by atoms with E-state index >= 15 is 0 Å². The normalized spacial score (nSPS) is 20.3. The number of anilines is 1. The zero-order valence-electron chi connectivity index (χ0n) is 11.9.